The number of likely N-dealkylation sites (tertiary alicyclic amines) is 2. The highest BCUT2D eigenvalue weighted by Crippen LogP contribution is 2.28. The molecule has 59 heavy (non-hydrogen) atoms. The number of amides is 4. The van der Waals surface area contributed by atoms with E-state index in [4.69, 9.17) is 0 Å². The number of anilines is 2. The van der Waals surface area contributed by atoms with Crippen molar-refractivity contribution in [3.8, 4) is 22.8 Å². The second kappa shape index (κ2) is 19.3. The van der Waals surface area contributed by atoms with Crippen molar-refractivity contribution in [1.29, 1.82) is 0 Å². The molecular formula is C41H50F2N14O2. The van der Waals surface area contributed by atoms with Gasteiger partial charge in [0.05, 0.1) is 12.4 Å². The molecule has 8 heterocycles. The van der Waals surface area contributed by atoms with Gasteiger partial charge in [-0.2, -0.15) is 0 Å². The summed E-state index contributed by atoms with van der Waals surface area (Å²) in [6.45, 7) is 9.10. The third-order valence-corrected chi connectivity index (χ3v) is 10.5. The Labute approximate surface area is 340 Å². The number of piperidine rings is 2. The number of pyridine rings is 2. The van der Waals surface area contributed by atoms with Crippen LogP contribution in [0.4, 0.5) is 30.0 Å². The number of urea groups is 2. The van der Waals surface area contributed by atoms with E-state index in [2.05, 4.69) is 61.1 Å². The molecule has 0 spiro atoms. The largest absolute Gasteiger partial charge is 0.367 e. The molecule has 18 heteroatoms. The number of nitrogens with one attached hydrogen (secondary N) is 6. The van der Waals surface area contributed by atoms with E-state index in [1.54, 1.807) is 24.8 Å². The van der Waals surface area contributed by atoms with E-state index in [1.807, 2.05) is 47.9 Å². The van der Waals surface area contributed by atoms with Crippen LogP contribution < -0.4 is 21.3 Å². The molecule has 6 aromatic heterocycles. The van der Waals surface area contributed by atoms with E-state index < -0.39 is 11.6 Å². The van der Waals surface area contributed by atoms with E-state index in [0.29, 0.717) is 50.9 Å². The Bertz CT molecular complexity index is 2350. The molecule has 2 fully saturated rings. The molecule has 2 aliphatic rings. The van der Waals surface area contributed by atoms with Gasteiger partial charge in [0.1, 0.15) is 11.3 Å². The SMILES string of the molecule is CCCNC(=O)N1CCCC(CNc2nc(-c3c[nH]c4ncccc34)ncc2F)C1.CCNC(=O)N1CCCC(CNc2nc(-c3c[nH]c4ncccc34)ncc2F)C1. The van der Waals surface area contributed by atoms with Crippen LogP contribution in [0.1, 0.15) is 46.0 Å². The van der Waals surface area contributed by atoms with Gasteiger partial charge in [-0.05, 0) is 75.1 Å². The second-order valence-corrected chi connectivity index (χ2v) is 14.7. The summed E-state index contributed by atoms with van der Waals surface area (Å²) >= 11 is 0. The van der Waals surface area contributed by atoms with Crippen molar-refractivity contribution < 1.29 is 18.4 Å². The van der Waals surface area contributed by atoms with E-state index >= 15 is 0 Å². The van der Waals surface area contributed by atoms with Crippen LogP contribution in [0, 0.1) is 23.5 Å². The molecular weight excluding hydrogens is 759 g/mol. The van der Waals surface area contributed by atoms with Crippen LogP contribution in [0.5, 0.6) is 0 Å². The number of carbonyl (C=O) groups is 2. The summed E-state index contributed by atoms with van der Waals surface area (Å²) in [5, 5.41) is 13.8. The topological polar surface area (TPSA) is 198 Å². The monoisotopic (exact) mass is 808 g/mol. The molecule has 310 valence electrons. The molecule has 0 aliphatic carbocycles. The van der Waals surface area contributed by atoms with Crippen LogP contribution in [0.3, 0.4) is 0 Å². The first kappa shape index (κ1) is 40.7. The number of hydrogen-bond acceptors (Lipinski definition) is 10. The van der Waals surface area contributed by atoms with Gasteiger partial charge in [-0.25, -0.2) is 48.3 Å². The Hall–Kier alpha value is -6.46. The lowest BCUT2D eigenvalue weighted by atomic mass is 9.98. The van der Waals surface area contributed by atoms with E-state index in [-0.39, 0.29) is 35.5 Å². The van der Waals surface area contributed by atoms with Gasteiger partial charge in [-0.3, -0.25) is 0 Å². The molecule has 2 saturated heterocycles. The minimum absolute atomic E-state index is 0.0231. The zero-order valence-corrected chi connectivity index (χ0v) is 33.3. The summed E-state index contributed by atoms with van der Waals surface area (Å²) in [4.78, 5) is 59.7. The maximum absolute atomic E-state index is 14.3. The van der Waals surface area contributed by atoms with Crippen molar-refractivity contribution in [3.63, 3.8) is 0 Å². The van der Waals surface area contributed by atoms with Crippen molar-refractivity contribution in [3.05, 3.63) is 73.1 Å². The Morgan fingerprint density at radius 1 is 0.729 bits per heavy atom. The van der Waals surface area contributed by atoms with Crippen LogP contribution in [0.15, 0.2) is 61.4 Å². The molecule has 2 atom stereocenters. The van der Waals surface area contributed by atoms with Crippen LogP contribution >= 0.6 is 0 Å². The number of carbonyl (C=O) groups excluding carboxylic acids is 2. The number of fused-ring (bicyclic) bond motifs is 2. The molecule has 6 aromatic rings. The number of rotatable bonds is 11. The Morgan fingerprint density at radius 2 is 1.22 bits per heavy atom. The molecule has 2 unspecified atom stereocenters. The summed E-state index contributed by atoms with van der Waals surface area (Å²) in [6, 6.07) is 7.46. The maximum Gasteiger partial charge on any atom is 0.317 e. The van der Waals surface area contributed by atoms with Gasteiger partial charge < -0.3 is 41.0 Å². The second-order valence-electron chi connectivity index (χ2n) is 14.7. The smallest absolute Gasteiger partial charge is 0.317 e. The lowest BCUT2D eigenvalue weighted by molar-refractivity contribution is 0.168. The number of halogens is 2. The fourth-order valence-corrected chi connectivity index (χ4v) is 7.44. The minimum Gasteiger partial charge on any atom is -0.367 e. The summed E-state index contributed by atoms with van der Waals surface area (Å²) in [5.74, 6) is 0.688. The molecule has 4 amide bonds. The van der Waals surface area contributed by atoms with Crippen LogP contribution in [0.2, 0.25) is 0 Å². The van der Waals surface area contributed by atoms with Crippen molar-refractivity contribution in [2.45, 2.75) is 46.0 Å². The van der Waals surface area contributed by atoms with Crippen LogP contribution in [-0.4, -0.2) is 114 Å². The van der Waals surface area contributed by atoms with E-state index in [1.165, 1.54) is 12.4 Å². The Balaban J connectivity index is 0.000000179. The average molecular weight is 809 g/mol. The molecule has 0 aromatic carbocycles. The predicted octanol–water partition coefficient (Wildman–Crippen LogP) is 6.41. The van der Waals surface area contributed by atoms with Gasteiger partial charge >= 0.3 is 12.1 Å². The lowest BCUT2D eigenvalue weighted by Gasteiger charge is -2.33. The first-order chi connectivity index (χ1) is 28.8. The van der Waals surface area contributed by atoms with Gasteiger partial charge in [0.25, 0.3) is 0 Å². The lowest BCUT2D eigenvalue weighted by Crippen LogP contribution is -2.46. The third-order valence-electron chi connectivity index (χ3n) is 10.5. The molecule has 16 nitrogen and oxygen atoms in total. The molecule has 0 saturated carbocycles. The normalized spacial score (nSPS) is 16.7. The Morgan fingerprint density at radius 3 is 1.69 bits per heavy atom. The van der Waals surface area contributed by atoms with Crippen molar-refractivity contribution in [1.82, 2.24) is 60.3 Å². The first-order valence-corrected chi connectivity index (χ1v) is 20.2. The number of H-pyrrole nitrogens is 2. The Kier molecular flexibility index (Phi) is 13.3. The summed E-state index contributed by atoms with van der Waals surface area (Å²) < 4.78 is 28.6. The highest BCUT2D eigenvalue weighted by Gasteiger charge is 2.25. The number of hydrogen-bond donors (Lipinski definition) is 6. The van der Waals surface area contributed by atoms with Crippen molar-refractivity contribution in [2.24, 2.45) is 11.8 Å². The maximum atomic E-state index is 14.3. The van der Waals surface area contributed by atoms with Crippen molar-refractivity contribution in [2.75, 3.05) is 63.0 Å². The molecule has 8 rings (SSSR count). The first-order valence-electron chi connectivity index (χ1n) is 20.2. The summed E-state index contributed by atoms with van der Waals surface area (Å²) in [5.41, 5.74) is 3.02. The molecule has 0 bridgehead atoms. The van der Waals surface area contributed by atoms with Gasteiger partial charge in [0.15, 0.2) is 34.9 Å². The fraction of sp³-hybridized carbons (Fsp3) is 0.415. The highest BCUT2D eigenvalue weighted by atomic mass is 19.1. The molecule has 2 aliphatic heterocycles. The van der Waals surface area contributed by atoms with Gasteiger partial charge in [-0.15, -0.1) is 0 Å². The van der Waals surface area contributed by atoms with E-state index in [0.717, 1.165) is 78.4 Å². The number of aromatic amines is 2. The summed E-state index contributed by atoms with van der Waals surface area (Å²) in [7, 11) is 0. The van der Waals surface area contributed by atoms with Gasteiger partial charge in [0.2, 0.25) is 0 Å². The minimum atomic E-state index is -0.497. The van der Waals surface area contributed by atoms with Crippen molar-refractivity contribution >= 4 is 45.8 Å². The predicted molar refractivity (Wildman–Crippen MR) is 222 cm³/mol. The summed E-state index contributed by atoms with van der Waals surface area (Å²) in [6.07, 6.45) is 14.1. The number of aromatic nitrogens is 8. The molecule has 0 radical (unpaired) electrons. The van der Waals surface area contributed by atoms with Crippen LogP contribution in [-0.2, 0) is 0 Å². The zero-order chi connectivity index (χ0) is 41.1. The average Bonchev–Trinajstić information content (AvgIpc) is 3.91. The quantitative estimate of drug-likeness (QED) is 0.0850. The number of nitrogens with zero attached hydrogens (tertiary/aromatic N) is 8. The highest BCUT2D eigenvalue weighted by molar-refractivity contribution is 5.92. The van der Waals surface area contributed by atoms with Gasteiger partial charge in [-0.1, -0.05) is 6.92 Å². The zero-order valence-electron chi connectivity index (χ0n) is 33.3. The molecule has 6 N–H and O–H groups in total. The van der Waals surface area contributed by atoms with Crippen LogP contribution in [0.25, 0.3) is 44.8 Å². The van der Waals surface area contributed by atoms with Gasteiger partial charge in [0, 0.05) is 99.0 Å². The standard InChI is InChI=1S/C21H26FN7O.C20H24FN7O/c1-2-7-24-21(30)29-9-4-5-14(13-29)10-25-20-17(22)12-27-19(28-20)16-11-26-18-15(16)6-3-8-23-18;1-2-22-20(29)28-8-4-5-13(12-28)9-24-19-16(21)11-26-18(27-19)15-10-25-17-14(15)6-3-7-23-17/h3,6,8,11-12,14H,2,4-5,7,9-10,13H2,1H3,(H,23,26)(H,24,30)(H,25,27,28);3,6-7,10-11,13H,2,4-5,8-9,12H2,1H3,(H,22,29)(H,23,25)(H,24,26,27). The third kappa shape index (κ3) is 9.99. The van der Waals surface area contributed by atoms with E-state index in [9.17, 15) is 18.4 Å². The fourth-order valence-electron chi connectivity index (χ4n) is 7.44.